The van der Waals surface area contributed by atoms with Crippen LogP contribution in [0.15, 0.2) is 23.1 Å². The Morgan fingerprint density at radius 2 is 1.50 bits per heavy atom. The van der Waals surface area contributed by atoms with Gasteiger partial charge in [0.2, 0.25) is 20.0 Å². The van der Waals surface area contributed by atoms with Crippen molar-refractivity contribution in [3.05, 3.63) is 28.3 Å². The van der Waals surface area contributed by atoms with Crippen LogP contribution in [0.2, 0.25) is 0 Å². The summed E-state index contributed by atoms with van der Waals surface area (Å²) in [5.41, 5.74) is 0.0154. The highest BCUT2D eigenvalue weighted by Gasteiger charge is 2.31. The molecule has 0 unspecified atom stereocenters. The first-order valence-electron chi connectivity index (χ1n) is 9.09. The van der Waals surface area contributed by atoms with Crippen molar-refractivity contribution in [1.82, 2.24) is 8.61 Å². The van der Waals surface area contributed by atoms with Gasteiger partial charge in [0.25, 0.3) is 5.69 Å². The SMILES string of the molecule is CS(=O)(=O)N1CCN(c2ccc(S(=O)(=O)N3CCCCC3)cc2[N+](=O)[O-])CC1. The highest BCUT2D eigenvalue weighted by atomic mass is 32.2. The minimum absolute atomic E-state index is 0.0837. The second kappa shape index (κ2) is 7.93. The Labute approximate surface area is 165 Å². The molecule has 0 N–H and O–H groups in total. The predicted octanol–water partition coefficient (Wildman–Crippen LogP) is 0.851. The molecule has 2 aliphatic rings. The first-order valence-corrected chi connectivity index (χ1v) is 12.4. The van der Waals surface area contributed by atoms with Gasteiger partial charge in [0.1, 0.15) is 5.69 Å². The fraction of sp³-hybridized carbons (Fsp3) is 0.625. The Morgan fingerprint density at radius 3 is 2.04 bits per heavy atom. The molecule has 0 radical (unpaired) electrons. The zero-order valence-corrected chi connectivity index (χ0v) is 17.3. The van der Waals surface area contributed by atoms with E-state index >= 15 is 0 Å². The van der Waals surface area contributed by atoms with Crippen LogP contribution in [-0.4, -0.2) is 75.9 Å². The molecule has 12 heteroatoms. The summed E-state index contributed by atoms with van der Waals surface area (Å²) in [6, 6.07) is 3.96. The molecule has 1 aromatic rings. The minimum atomic E-state index is -3.77. The van der Waals surface area contributed by atoms with Gasteiger partial charge in [-0.05, 0) is 25.0 Å². The fourth-order valence-corrected chi connectivity index (χ4v) is 5.96. The quantitative estimate of drug-likeness (QED) is 0.499. The lowest BCUT2D eigenvalue weighted by atomic mass is 10.2. The van der Waals surface area contributed by atoms with E-state index in [1.165, 1.54) is 20.7 Å². The van der Waals surface area contributed by atoms with Gasteiger partial charge in [0.15, 0.2) is 0 Å². The molecule has 0 amide bonds. The smallest absolute Gasteiger partial charge is 0.293 e. The van der Waals surface area contributed by atoms with Crippen LogP contribution in [0.3, 0.4) is 0 Å². The van der Waals surface area contributed by atoms with Crippen molar-refractivity contribution in [2.45, 2.75) is 24.2 Å². The van der Waals surface area contributed by atoms with Crippen LogP contribution in [0.1, 0.15) is 19.3 Å². The van der Waals surface area contributed by atoms with Gasteiger partial charge in [-0.25, -0.2) is 16.8 Å². The highest BCUT2D eigenvalue weighted by molar-refractivity contribution is 7.89. The number of piperazine rings is 1. The molecule has 0 saturated carbocycles. The van der Waals surface area contributed by atoms with E-state index in [1.807, 2.05) is 0 Å². The molecule has 0 atom stereocenters. The van der Waals surface area contributed by atoms with Crippen LogP contribution >= 0.6 is 0 Å². The van der Waals surface area contributed by atoms with Crippen LogP contribution in [0.4, 0.5) is 11.4 Å². The number of anilines is 1. The predicted molar refractivity (Wildman–Crippen MR) is 104 cm³/mol. The average molecular weight is 433 g/mol. The Balaban J connectivity index is 1.87. The van der Waals surface area contributed by atoms with Gasteiger partial charge in [-0.3, -0.25) is 10.1 Å². The molecule has 1 aromatic carbocycles. The third-order valence-corrected chi connectivity index (χ3v) is 8.34. The second-order valence-corrected chi connectivity index (χ2v) is 10.9. The number of hydrogen-bond acceptors (Lipinski definition) is 7. The number of sulfonamides is 2. The molecule has 28 heavy (non-hydrogen) atoms. The maximum Gasteiger partial charge on any atom is 0.293 e. The van der Waals surface area contributed by atoms with Crippen molar-refractivity contribution in [1.29, 1.82) is 0 Å². The first kappa shape index (κ1) is 21.0. The van der Waals surface area contributed by atoms with E-state index in [9.17, 15) is 26.9 Å². The van der Waals surface area contributed by atoms with Crippen molar-refractivity contribution < 1.29 is 21.8 Å². The minimum Gasteiger partial charge on any atom is -0.363 e. The van der Waals surface area contributed by atoms with E-state index in [2.05, 4.69) is 0 Å². The molecule has 2 heterocycles. The zero-order chi connectivity index (χ0) is 20.5. The van der Waals surface area contributed by atoms with Crippen molar-refractivity contribution in [3.8, 4) is 0 Å². The van der Waals surface area contributed by atoms with E-state index in [0.717, 1.165) is 31.6 Å². The summed E-state index contributed by atoms with van der Waals surface area (Å²) in [5.74, 6) is 0. The number of piperidine rings is 1. The number of rotatable bonds is 5. The van der Waals surface area contributed by atoms with Gasteiger partial charge in [-0.2, -0.15) is 8.61 Å². The number of nitrogens with zero attached hydrogens (tertiary/aromatic N) is 4. The Hall–Kier alpha value is -1.76. The zero-order valence-electron chi connectivity index (χ0n) is 15.7. The molecule has 2 saturated heterocycles. The lowest BCUT2D eigenvalue weighted by Crippen LogP contribution is -2.48. The Morgan fingerprint density at radius 1 is 0.893 bits per heavy atom. The van der Waals surface area contributed by atoms with Gasteiger partial charge in [-0.1, -0.05) is 6.42 Å². The van der Waals surface area contributed by atoms with Crippen LogP contribution in [0, 0.1) is 10.1 Å². The summed E-state index contributed by atoms with van der Waals surface area (Å²) in [6.45, 7) is 1.89. The molecule has 2 fully saturated rings. The fourth-order valence-electron chi connectivity index (χ4n) is 3.59. The Kier molecular flexibility index (Phi) is 5.94. The van der Waals surface area contributed by atoms with E-state index in [-0.39, 0.29) is 23.7 Å². The maximum atomic E-state index is 12.8. The van der Waals surface area contributed by atoms with Crippen LogP contribution in [0.5, 0.6) is 0 Å². The summed E-state index contributed by atoms with van der Waals surface area (Å²) < 4.78 is 51.6. The third kappa shape index (κ3) is 4.29. The lowest BCUT2D eigenvalue weighted by Gasteiger charge is -2.34. The van der Waals surface area contributed by atoms with Gasteiger partial charge >= 0.3 is 0 Å². The van der Waals surface area contributed by atoms with Crippen molar-refractivity contribution in [2.75, 3.05) is 50.4 Å². The van der Waals surface area contributed by atoms with Gasteiger partial charge < -0.3 is 4.90 Å². The molecule has 0 bridgehead atoms. The van der Waals surface area contributed by atoms with Crippen LogP contribution in [0.25, 0.3) is 0 Å². The van der Waals surface area contributed by atoms with Crippen LogP contribution < -0.4 is 4.90 Å². The summed E-state index contributed by atoms with van der Waals surface area (Å²) in [6.07, 6.45) is 3.67. The second-order valence-electron chi connectivity index (χ2n) is 7.02. The van der Waals surface area contributed by atoms with E-state index in [0.29, 0.717) is 31.9 Å². The number of nitro groups is 1. The van der Waals surface area contributed by atoms with E-state index in [4.69, 9.17) is 0 Å². The lowest BCUT2D eigenvalue weighted by molar-refractivity contribution is -0.384. The van der Waals surface area contributed by atoms with Crippen LogP contribution in [-0.2, 0) is 20.0 Å². The van der Waals surface area contributed by atoms with Crippen molar-refractivity contribution >= 4 is 31.4 Å². The molecule has 2 aliphatic heterocycles. The number of hydrogen-bond donors (Lipinski definition) is 0. The molecule has 3 rings (SSSR count). The monoisotopic (exact) mass is 432 g/mol. The first-order chi connectivity index (χ1) is 13.1. The largest absolute Gasteiger partial charge is 0.363 e. The summed E-state index contributed by atoms with van der Waals surface area (Å²) >= 11 is 0. The number of benzene rings is 1. The Bertz CT molecular complexity index is 949. The third-order valence-electron chi connectivity index (χ3n) is 5.14. The summed E-state index contributed by atoms with van der Waals surface area (Å²) in [5, 5.41) is 11.6. The highest BCUT2D eigenvalue weighted by Crippen LogP contribution is 2.33. The van der Waals surface area contributed by atoms with E-state index in [1.54, 1.807) is 4.90 Å². The normalized spacial score (nSPS) is 20.2. The molecule has 0 spiro atoms. The van der Waals surface area contributed by atoms with E-state index < -0.39 is 25.0 Å². The van der Waals surface area contributed by atoms with Crippen molar-refractivity contribution in [2.24, 2.45) is 0 Å². The molecular formula is C16H24N4O6S2. The average Bonchev–Trinajstić information content (AvgIpc) is 2.67. The molecule has 10 nitrogen and oxygen atoms in total. The summed E-state index contributed by atoms with van der Waals surface area (Å²) in [4.78, 5) is 12.7. The summed E-state index contributed by atoms with van der Waals surface area (Å²) in [7, 11) is -7.08. The number of nitro benzene ring substituents is 1. The van der Waals surface area contributed by atoms with Gasteiger partial charge in [0.05, 0.1) is 16.1 Å². The van der Waals surface area contributed by atoms with Gasteiger partial charge in [-0.15, -0.1) is 0 Å². The molecular weight excluding hydrogens is 408 g/mol. The van der Waals surface area contributed by atoms with Crippen molar-refractivity contribution in [3.63, 3.8) is 0 Å². The molecule has 156 valence electrons. The topological polar surface area (TPSA) is 121 Å². The maximum absolute atomic E-state index is 12.8. The molecule has 0 aliphatic carbocycles. The van der Waals surface area contributed by atoms with Gasteiger partial charge in [0, 0.05) is 45.3 Å². The standard InChI is InChI=1S/C16H24N4O6S2/c1-27(23,24)18-11-9-17(10-12-18)15-6-5-14(13-16(15)20(21)22)28(25,26)19-7-3-2-4-8-19/h5-6,13H,2-4,7-12H2,1H3. The molecule has 0 aromatic heterocycles.